The quantitative estimate of drug-likeness (QED) is 0.636. The molecule has 0 spiro atoms. The Kier molecular flexibility index (Phi) is 2.81. The zero-order chi connectivity index (χ0) is 14.2. The predicted octanol–water partition coefficient (Wildman–Crippen LogP) is 0.257. The number of hydrogen-bond acceptors (Lipinski definition) is 6. The molecule has 0 bridgehead atoms. The zero-order valence-corrected chi connectivity index (χ0v) is 11.5. The van der Waals surface area contributed by atoms with Gasteiger partial charge in [0.1, 0.15) is 11.3 Å². The lowest BCUT2D eigenvalue weighted by atomic mass is 10.1. The number of pyridine rings is 1. The van der Waals surface area contributed by atoms with Gasteiger partial charge in [-0.15, -0.1) is 5.10 Å². The smallest absolute Gasteiger partial charge is 0.178 e. The number of nitrogens with zero attached hydrogens (tertiary/aromatic N) is 5. The summed E-state index contributed by atoms with van der Waals surface area (Å²) in [5.41, 5.74) is 9.36. The lowest BCUT2D eigenvalue weighted by Crippen LogP contribution is -2.13. The van der Waals surface area contributed by atoms with Crippen molar-refractivity contribution in [3.63, 3.8) is 0 Å². The van der Waals surface area contributed by atoms with Crippen LogP contribution < -0.4 is 11.1 Å². The Morgan fingerprint density at radius 1 is 1.43 bits per heavy atom. The Morgan fingerprint density at radius 3 is 3.24 bits per heavy atom. The van der Waals surface area contributed by atoms with E-state index in [-0.39, 0.29) is 0 Å². The van der Waals surface area contributed by atoms with Gasteiger partial charge in [-0.1, -0.05) is 5.21 Å². The minimum atomic E-state index is 0.452. The maximum Gasteiger partial charge on any atom is 0.178 e. The monoisotopic (exact) mass is 284 g/mol. The average Bonchev–Trinajstić information content (AvgIpc) is 3.19. The van der Waals surface area contributed by atoms with Gasteiger partial charge >= 0.3 is 0 Å². The molecule has 108 valence electrons. The molecule has 3 aromatic heterocycles. The lowest BCUT2D eigenvalue weighted by Gasteiger charge is -2.07. The number of nitrogens with one attached hydrogen (secondary N) is 2. The fourth-order valence-electron chi connectivity index (χ4n) is 2.81. The van der Waals surface area contributed by atoms with E-state index in [0.717, 1.165) is 42.6 Å². The fourth-order valence-corrected chi connectivity index (χ4v) is 2.81. The fraction of sp³-hybridized carbons (Fsp3) is 0.385. The van der Waals surface area contributed by atoms with E-state index in [9.17, 15) is 0 Å². The van der Waals surface area contributed by atoms with E-state index in [1.54, 1.807) is 0 Å². The minimum Gasteiger partial charge on any atom is -0.384 e. The van der Waals surface area contributed by atoms with E-state index >= 15 is 0 Å². The molecule has 0 aliphatic carbocycles. The van der Waals surface area contributed by atoms with Gasteiger partial charge in [0.15, 0.2) is 5.65 Å². The van der Waals surface area contributed by atoms with E-state index in [4.69, 9.17) is 5.73 Å². The summed E-state index contributed by atoms with van der Waals surface area (Å²) in [7, 11) is 0. The summed E-state index contributed by atoms with van der Waals surface area (Å²) in [5.74, 6) is 0.468. The average molecular weight is 284 g/mol. The van der Waals surface area contributed by atoms with Crippen LogP contribution in [0.15, 0.2) is 18.5 Å². The molecule has 4 rings (SSSR count). The number of aromatic nitrogens is 6. The molecule has 1 atom stereocenters. The highest BCUT2D eigenvalue weighted by Gasteiger charge is 2.17. The summed E-state index contributed by atoms with van der Waals surface area (Å²) in [6, 6.07) is 2.30. The van der Waals surface area contributed by atoms with E-state index in [2.05, 4.69) is 37.0 Å². The highest BCUT2D eigenvalue weighted by atomic mass is 15.3. The Balaban J connectivity index is 1.63. The van der Waals surface area contributed by atoms with Gasteiger partial charge in [0.25, 0.3) is 0 Å². The van der Waals surface area contributed by atoms with Crippen LogP contribution in [0.2, 0.25) is 0 Å². The van der Waals surface area contributed by atoms with Crippen molar-refractivity contribution in [3.05, 3.63) is 29.6 Å². The molecule has 4 N–H and O–H groups in total. The second kappa shape index (κ2) is 4.81. The van der Waals surface area contributed by atoms with Crippen molar-refractivity contribution in [2.75, 3.05) is 18.8 Å². The summed E-state index contributed by atoms with van der Waals surface area (Å²) in [6.45, 7) is 2.04. The van der Waals surface area contributed by atoms with Gasteiger partial charge in [-0.05, 0) is 30.2 Å². The molecule has 1 unspecified atom stereocenters. The van der Waals surface area contributed by atoms with Gasteiger partial charge < -0.3 is 11.1 Å². The van der Waals surface area contributed by atoms with Crippen molar-refractivity contribution in [2.45, 2.75) is 18.9 Å². The number of nitrogen functional groups attached to an aromatic ring is 1. The second-order valence-electron chi connectivity index (χ2n) is 5.37. The van der Waals surface area contributed by atoms with E-state index < -0.39 is 0 Å². The van der Waals surface area contributed by atoms with Crippen LogP contribution in [-0.2, 0) is 6.42 Å². The number of hydrogen-bond donors (Lipinski definition) is 3. The van der Waals surface area contributed by atoms with Crippen LogP contribution in [-0.4, -0.2) is 43.3 Å². The molecule has 21 heavy (non-hydrogen) atoms. The molecule has 8 heteroatoms. The van der Waals surface area contributed by atoms with Crippen LogP contribution in [0.4, 0.5) is 5.82 Å². The first-order chi connectivity index (χ1) is 10.3. The highest BCUT2D eigenvalue weighted by molar-refractivity contribution is 5.76. The van der Waals surface area contributed by atoms with Gasteiger partial charge in [0.2, 0.25) is 0 Å². The van der Waals surface area contributed by atoms with E-state index in [1.807, 2.05) is 16.9 Å². The maximum absolute atomic E-state index is 5.83. The number of rotatable bonds is 3. The topological polar surface area (TPSA) is 110 Å². The van der Waals surface area contributed by atoms with Gasteiger partial charge in [-0.25, -0.2) is 10.1 Å². The molecule has 0 amide bonds. The summed E-state index contributed by atoms with van der Waals surface area (Å²) < 4.78 is 2.04. The van der Waals surface area contributed by atoms with Crippen LogP contribution in [0, 0.1) is 0 Å². The van der Waals surface area contributed by atoms with Crippen LogP contribution in [0.5, 0.6) is 0 Å². The first kappa shape index (κ1) is 12.3. The first-order valence-corrected chi connectivity index (χ1v) is 6.99. The van der Waals surface area contributed by atoms with Gasteiger partial charge in [0, 0.05) is 19.2 Å². The van der Waals surface area contributed by atoms with Crippen LogP contribution in [0.3, 0.4) is 0 Å². The SMILES string of the molecule is Nc1cc(Cc2cnn(C3CCNC3)c2)c2nn[nH]c2n1. The number of fused-ring (bicyclic) bond motifs is 1. The molecule has 4 heterocycles. The summed E-state index contributed by atoms with van der Waals surface area (Å²) in [5, 5.41) is 18.4. The maximum atomic E-state index is 5.83. The van der Waals surface area contributed by atoms with E-state index in [1.165, 1.54) is 0 Å². The zero-order valence-electron chi connectivity index (χ0n) is 11.5. The third kappa shape index (κ3) is 2.23. The summed E-state index contributed by atoms with van der Waals surface area (Å²) >= 11 is 0. The Morgan fingerprint density at radius 2 is 2.38 bits per heavy atom. The van der Waals surface area contributed by atoms with Gasteiger partial charge in [-0.2, -0.15) is 5.10 Å². The largest absolute Gasteiger partial charge is 0.384 e. The highest BCUT2D eigenvalue weighted by Crippen LogP contribution is 2.20. The molecule has 3 aromatic rings. The normalized spacial score (nSPS) is 18.6. The van der Waals surface area contributed by atoms with Crippen molar-refractivity contribution in [1.82, 2.24) is 35.5 Å². The molecular formula is C13H16N8. The van der Waals surface area contributed by atoms with Crippen molar-refractivity contribution in [3.8, 4) is 0 Å². The summed E-state index contributed by atoms with van der Waals surface area (Å²) in [6.07, 6.45) is 5.84. The first-order valence-electron chi connectivity index (χ1n) is 6.99. The Bertz CT molecular complexity index is 767. The minimum absolute atomic E-state index is 0.452. The van der Waals surface area contributed by atoms with Crippen LogP contribution in [0.25, 0.3) is 11.2 Å². The Labute approximate surface area is 120 Å². The van der Waals surface area contributed by atoms with Gasteiger partial charge in [-0.3, -0.25) is 4.68 Å². The molecule has 0 radical (unpaired) electrons. The number of aromatic amines is 1. The molecule has 1 fully saturated rings. The van der Waals surface area contributed by atoms with Crippen LogP contribution in [0.1, 0.15) is 23.6 Å². The lowest BCUT2D eigenvalue weighted by molar-refractivity contribution is 0.490. The van der Waals surface area contributed by atoms with Crippen LogP contribution >= 0.6 is 0 Å². The third-order valence-electron chi connectivity index (χ3n) is 3.86. The predicted molar refractivity (Wildman–Crippen MR) is 77.7 cm³/mol. The molecular weight excluding hydrogens is 268 g/mol. The second-order valence-corrected chi connectivity index (χ2v) is 5.37. The number of nitrogens with two attached hydrogens (primary N) is 1. The molecule has 1 aliphatic heterocycles. The molecule has 1 aliphatic rings. The third-order valence-corrected chi connectivity index (χ3v) is 3.86. The van der Waals surface area contributed by atoms with Crippen molar-refractivity contribution < 1.29 is 0 Å². The molecule has 0 aromatic carbocycles. The Hall–Kier alpha value is -2.48. The molecule has 1 saturated heterocycles. The molecule has 8 nitrogen and oxygen atoms in total. The van der Waals surface area contributed by atoms with E-state index in [0.29, 0.717) is 17.5 Å². The number of H-pyrrole nitrogens is 1. The van der Waals surface area contributed by atoms with Crippen molar-refractivity contribution >= 4 is 17.0 Å². The summed E-state index contributed by atoms with van der Waals surface area (Å²) in [4.78, 5) is 4.17. The van der Waals surface area contributed by atoms with Crippen molar-refractivity contribution in [2.24, 2.45) is 0 Å². The molecule has 0 saturated carbocycles. The van der Waals surface area contributed by atoms with Gasteiger partial charge in [0.05, 0.1) is 12.2 Å². The standard InChI is InChI=1S/C13H16N8/c14-11-4-9(12-13(17-11)19-20-18-12)3-8-5-16-21(7-8)10-1-2-15-6-10/h4-5,7,10,15H,1-3,6H2,(H3,14,17,18,19,20). The number of anilines is 1. The van der Waals surface area contributed by atoms with Crippen molar-refractivity contribution in [1.29, 1.82) is 0 Å².